The van der Waals surface area contributed by atoms with Crippen molar-refractivity contribution in [2.24, 2.45) is 5.41 Å². The number of hydrogen-bond donors (Lipinski definition) is 1. The average molecular weight is 216 g/mol. The molecule has 0 unspecified atom stereocenters. The highest BCUT2D eigenvalue weighted by Crippen LogP contribution is 2.29. The molecule has 1 N–H and O–H groups in total. The van der Waals surface area contributed by atoms with Gasteiger partial charge in [0.05, 0.1) is 6.08 Å². The smallest absolute Gasteiger partial charge is 0.331 e. The third-order valence-corrected chi connectivity index (χ3v) is 1.50. The Balaban J connectivity index is 3.99. The molecule has 0 heterocycles. The lowest BCUT2D eigenvalue weighted by Gasteiger charge is -2.30. The SMILES string of the molecule is CC(C)(C)CC(C)(C)OOC=CC(=O)O. The van der Waals surface area contributed by atoms with Crippen LogP contribution in [0.4, 0.5) is 0 Å². The number of carbonyl (C=O) groups is 1. The van der Waals surface area contributed by atoms with Crippen LogP contribution in [0.2, 0.25) is 0 Å². The highest BCUT2D eigenvalue weighted by atomic mass is 17.2. The largest absolute Gasteiger partial charge is 0.478 e. The molecule has 0 spiro atoms. The molecule has 0 fully saturated rings. The van der Waals surface area contributed by atoms with E-state index in [1.54, 1.807) is 0 Å². The van der Waals surface area contributed by atoms with Crippen LogP contribution < -0.4 is 0 Å². The summed E-state index contributed by atoms with van der Waals surface area (Å²) in [5.41, 5.74) is -0.315. The number of carboxylic acids is 1. The van der Waals surface area contributed by atoms with Crippen molar-refractivity contribution in [1.29, 1.82) is 0 Å². The van der Waals surface area contributed by atoms with E-state index in [1.165, 1.54) is 0 Å². The second kappa shape index (κ2) is 5.16. The zero-order valence-electron chi connectivity index (χ0n) is 10.0. The van der Waals surface area contributed by atoms with Crippen LogP contribution in [0, 0.1) is 5.41 Å². The third kappa shape index (κ3) is 9.28. The summed E-state index contributed by atoms with van der Waals surface area (Å²) >= 11 is 0. The van der Waals surface area contributed by atoms with Gasteiger partial charge in [-0.1, -0.05) is 20.8 Å². The summed E-state index contributed by atoms with van der Waals surface area (Å²) in [6.45, 7) is 10.1. The van der Waals surface area contributed by atoms with Gasteiger partial charge in [-0.15, -0.1) is 0 Å². The first kappa shape index (κ1) is 14.0. The summed E-state index contributed by atoms with van der Waals surface area (Å²) in [5.74, 6) is -1.06. The Labute approximate surface area is 90.8 Å². The molecule has 0 saturated heterocycles. The van der Waals surface area contributed by atoms with Crippen LogP contribution in [-0.4, -0.2) is 16.7 Å². The predicted octanol–water partition coefficient (Wildman–Crippen LogP) is 2.75. The van der Waals surface area contributed by atoms with Crippen LogP contribution >= 0.6 is 0 Å². The second-order valence-corrected chi connectivity index (χ2v) is 5.32. The number of rotatable bonds is 5. The monoisotopic (exact) mass is 216 g/mol. The fourth-order valence-corrected chi connectivity index (χ4v) is 1.55. The zero-order valence-corrected chi connectivity index (χ0v) is 10.0. The van der Waals surface area contributed by atoms with Gasteiger partial charge < -0.3 is 9.99 Å². The van der Waals surface area contributed by atoms with E-state index in [9.17, 15) is 4.79 Å². The van der Waals surface area contributed by atoms with Crippen molar-refractivity contribution in [3.05, 3.63) is 12.3 Å². The quantitative estimate of drug-likeness (QED) is 0.332. The molecule has 0 aliphatic carbocycles. The molecule has 15 heavy (non-hydrogen) atoms. The zero-order chi connectivity index (χ0) is 12.1. The Morgan fingerprint density at radius 3 is 2.20 bits per heavy atom. The Bertz CT molecular complexity index is 235. The van der Waals surface area contributed by atoms with E-state index in [2.05, 4.69) is 20.8 Å². The van der Waals surface area contributed by atoms with Crippen molar-refractivity contribution in [3.63, 3.8) is 0 Å². The van der Waals surface area contributed by atoms with E-state index < -0.39 is 11.6 Å². The molecule has 0 saturated carbocycles. The van der Waals surface area contributed by atoms with Gasteiger partial charge in [0.15, 0.2) is 0 Å². The Morgan fingerprint density at radius 1 is 1.27 bits per heavy atom. The van der Waals surface area contributed by atoms with Crippen LogP contribution in [-0.2, 0) is 14.6 Å². The first-order valence-corrected chi connectivity index (χ1v) is 4.86. The molecule has 0 aromatic heterocycles. The standard InChI is InChI=1S/C11H20O4/c1-10(2,3)8-11(4,5)15-14-7-6-9(12)13/h6-7H,8H2,1-5H3,(H,12,13). The van der Waals surface area contributed by atoms with Gasteiger partial charge in [-0.3, -0.25) is 0 Å². The third-order valence-electron chi connectivity index (χ3n) is 1.50. The van der Waals surface area contributed by atoms with Gasteiger partial charge in [0.25, 0.3) is 0 Å². The van der Waals surface area contributed by atoms with E-state index in [-0.39, 0.29) is 5.41 Å². The van der Waals surface area contributed by atoms with E-state index in [0.29, 0.717) is 0 Å². The second-order valence-electron chi connectivity index (χ2n) is 5.32. The average Bonchev–Trinajstić information content (AvgIpc) is 1.93. The minimum atomic E-state index is -1.06. The Kier molecular flexibility index (Phi) is 4.81. The van der Waals surface area contributed by atoms with E-state index >= 15 is 0 Å². The van der Waals surface area contributed by atoms with Gasteiger partial charge in [-0.05, 0) is 25.7 Å². The molecule has 0 aromatic rings. The molecule has 0 radical (unpaired) electrons. The van der Waals surface area contributed by atoms with Crippen molar-refractivity contribution in [2.75, 3.05) is 0 Å². The predicted molar refractivity (Wildman–Crippen MR) is 57.1 cm³/mol. The number of carboxylic acid groups (broad SMARTS) is 1. The molecule has 88 valence electrons. The van der Waals surface area contributed by atoms with Gasteiger partial charge in [0, 0.05) is 0 Å². The van der Waals surface area contributed by atoms with Crippen molar-refractivity contribution >= 4 is 5.97 Å². The molecule has 0 bridgehead atoms. The molecule has 4 nitrogen and oxygen atoms in total. The molecular formula is C11H20O4. The van der Waals surface area contributed by atoms with Gasteiger partial charge in [-0.25, -0.2) is 4.79 Å². The maximum absolute atomic E-state index is 10.1. The molecular weight excluding hydrogens is 196 g/mol. The highest BCUT2D eigenvalue weighted by molar-refractivity contribution is 5.79. The minimum Gasteiger partial charge on any atom is -0.478 e. The van der Waals surface area contributed by atoms with Crippen LogP contribution in [0.15, 0.2) is 12.3 Å². The first-order chi connectivity index (χ1) is 6.62. The normalized spacial score (nSPS) is 13.1. The van der Waals surface area contributed by atoms with Gasteiger partial charge >= 0.3 is 5.97 Å². The highest BCUT2D eigenvalue weighted by Gasteiger charge is 2.27. The fourth-order valence-electron chi connectivity index (χ4n) is 1.55. The molecule has 4 heteroatoms. The molecule has 0 amide bonds. The van der Waals surface area contributed by atoms with Gasteiger partial charge in [0.1, 0.15) is 11.9 Å². The van der Waals surface area contributed by atoms with E-state index in [4.69, 9.17) is 14.9 Å². The summed E-state index contributed by atoms with van der Waals surface area (Å²) < 4.78 is 0. The molecule has 0 rings (SSSR count). The molecule has 0 aromatic carbocycles. The molecule has 0 atom stereocenters. The Morgan fingerprint density at radius 2 is 1.80 bits per heavy atom. The lowest BCUT2D eigenvalue weighted by molar-refractivity contribution is -0.321. The fraction of sp³-hybridized carbons (Fsp3) is 0.727. The lowest BCUT2D eigenvalue weighted by Crippen LogP contribution is -2.29. The summed E-state index contributed by atoms with van der Waals surface area (Å²) in [6.07, 6.45) is 2.71. The van der Waals surface area contributed by atoms with E-state index in [0.717, 1.165) is 18.8 Å². The lowest BCUT2D eigenvalue weighted by atomic mass is 9.84. The maximum atomic E-state index is 10.1. The van der Waals surface area contributed by atoms with Crippen molar-refractivity contribution in [3.8, 4) is 0 Å². The molecule has 0 aliphatic rings. The van der Waals surface area contributed by atoms with Crippen LogP contribution in [0.1, 0.15) is 41.0 Å². The van der Waals surface area contributed by atoms with Gasteiger partial charge in [-0.2, -0.15) is 4.89 Å². The van der Waals surface area contributed by atoms with Crippen molar-refractivity contribution in [2.45, 2.75) is 46.6 Å². The van der Waals surface area contributed by atoms with Crippen molar-refractivity contribution in [1.82, 2.24) is 0 Å². The van der Waals surface area contributed by atoms with E-state index in [1.807, 2.05) is 13.8 Å². The molecule has 0 aliphatic heterocycles. The summed E-state index contributed by atoms with van der Waals surface area (Å²) in [7, 11) is 0. The minimum absolute atomic E-state index is 0.128. The first-order valence-electron chi connectivity index (χ1n) is 4.86. The number of hydrogen-bond acceptors (Lipinski definition) is 3. The van der Waals surface area contributed by atoms with Crippen LogP contribution in [0.25, 0.3) is 0 Å². The summed E-state index contributed by atoms with van der Waals surface area (Å²) in [4.78, 5) is 19.9. The van der Waals surface area contributed by atoms with Crippen LogP contribution in [0.5, 0.6) is 0 Å². The van der Waals surface area contributed by atoms with Gasteiger partial charge in [0.2, 0.25) is 0 Å². The maximum Gasteiger partial charge on any atom is 0.331 e. The van der Waals surface area contributed by atoms with Crippen molar-refractivity contribution < 1.29 is 19.7 Å². The van der Waals surface area contributed by atoms with Crippen LogP contribution in [0.3, 0.4) is 0 Å². The summed E-state index contributed by atoms with van der Waals surface area (Å²) in [5, 5.41) is 8.31. The Hall–Kier alpha value is -1.03. The topological polar surface area (TPSA) is 55.8 Å². The number of aliphatic carboxylic acids is 1. The summed E-state index contributed by atoms with van der Waals surface area (Å²) in [6, 6.07) is 0.